The molecule has 0 aromatic heterocycles. The number of carbonyl (C=O) groups excluding carboxylic acids is 1. The molecule has 1 aromatic carbocycles. The molecule has 1 rings (SSSR count). The van der Waals surface area contributed by atoms with Crippen LogP contribution in [0.25, 0.3) is 0 Å². The zero-order chi connectivity index (χ0) is 13.0. The number of nitrogen functional groups attached to an aromatic ring is 1. The van der Waals surface area contributed by atoms with E-state index in [1.165, 1.54) is 6.26 Å². The highest BCUT2D eigenvalue weighted by molar-refractivity contribution is 7.98. The number of hydrogen-bond acceptors (Lipinski definition) is 4. The summed E-state index contributed by atoms with van der Waals surface area (Å²) in [6.07, 6.45) is 2.13. The predicted molar refractivity (Wildman–Crippen MR) is 63.1 cm³/mol. The van der Waals surface area contributed by atoms with Crippen molar-refractivity contribution in [3.05, 3.63) is 23.3 Å². The highest BCUT2D eigenvalue weighted by atomic mass is 32.2. The van der Waals surface area contributed by atoms with Gasteiger partial charge in [0.1, 0.15) is 11.4 Å². The fourth-order valence-corrected chi connectivity index (χ4v) is 1.82. The third-order valence-electron chi connectivity index (χ3n) is 2.05. The van der Waals surface area contributed by atoms with E-state index in [4.69, 9.17) is 10.5 Å². The molecule has 0 amide bonds. The lowest BCUT2D eigenvalue weighted by molar-refractivity contribution is 0.0500. The van der Waals surface area contributed by atoms with E-state index in [0.717, 1.165) is 17.8 Å². The number of carbonyl (C=O) groups is 1. The second kappa shape index (κ2) is 5.86. The Morgan fingerprint density at radius 3 is 2.71 bits per heavy atom. The molecular formula is C11H13F2NO2S. The van der Waals surface area contributed by atoms with Crippen molar-refractivity contribution < 1.29 is 18.3 Å². The van der Waals surface area contributed by atoms with Crippen molar-refractivity contribution in [1.29, 1.82) is 0 Å². The molecule has 0 saturated heterocycles. The number of hydrogen-bond donors (Lipinski definition) is 1. The molecule has 0 aliphatic heterocycles. The van der Waals surface area contributed by atoms with Gasteiger partial charge in [-0.3, -0.25) is 0 Å². The summed E-state index contributed by atoms with van der Waals surface area (Å²) in [6.45, 7) is 1.98. The minimum atomic E-state index is -0.962. The van der Waals surface area contributed by atoms with Gasteiger partial charge in [0.25, 0.3) is 0 Å². The maximum atomic E-state index is 13.8. The molecule has 0 aliphatic carbocycles. The molecular weight excluding hydrogens is 248 g/mol. The van der Waals surface area contributed by atoms with Gasteiger partial charge in [0.05, 0.1) is 17.2 Å². The summed E-state index contributed by atoms with van der Waals surface area (Å²) in [5, 5.41) is 0. The lowest BCUT2D eigenvalue weighted by atomic mass is 10.1. The van der Waals surface area contributed by atoms with Crippen LogP contribution >= 0.6 is 11.8 Å². The fourth-order valence-electron chi connectivity index (χ4n) is 1.28. The highest BCUT2D eigenvalue weighted by Crippen LogP contribution is 2.29. The summed E-state index contributed by atoms with van der Waals surface area (Å²) in [5.74, 6) is -2.60. The van der Waals surface area contributed by atoms with Crippen LogP contribution in [0.4, 0.5) is 14.5 Å². The van der Waals surface area contributed by atoms with E-state index >= 15 is 0 Å². The molecule has 17 heavy (non-hydrogen) atoms. The van der Waals surface area contributed by atoms with Crippen molar-refractivity contribution in [1.82, 2.24) is 0 Å². The van der Waals surface area contributed by atoms with E-state index in [2.05, 4.69) is 0 Å². The van der Waals surface area contributed by atoms with Gasteiger partial charge < -0.3 is 10.5 Å². The first-order valence-electron chi connectivity index (χ1n) is 5.01. The van der Waals surface area contributed by atoms with Gasteiger partial charge in [-0.15, -0.1) is 11.8 Å². The largest absolute Gasteiger partial charge is 0.462 e. The summed E-state index contributed by atoms with van der Waals surface area (Å²) in [5.41, 5.74) is 4.78. The first-order chi connectivity index (χ1) is 8.02. The van der Waals surface area contributed by atoms with Crippen molar-refractivity contribution in [3.8, 4) is 0 Å². The van der Waals surface area contributed by atoms with Crippen LogP contribution in [0.1, 0.15) is 23.7 Å². The molecule has 0 heterocycles. The summed E-state index contributed by atoms with van der Waals surface area (Å²) in [7, 11) is 0. The zero-order valence-electron chi connectivity index (χ0n) is 9.55. The number of esters is 1. The number of halogens is 2. The monoisotopic (exact) mass is 261 g/mol. The third kappa shape index (κ3) is 2.88. The normalized spacial score (nSPS) is 10.4. The molecule has 3 nitrogen and oxygen atoms in total. The van der Waals surface area contributed by atoms with Crippen LogP contribution in [0.3, 0.4) is 0 Å². The van der Waals surface area contributed by atoms with Crippen molar-refractivity contribution in [2.45, 2.75) is 18.2 Å². The summed E-state index contributed by atoms with van der Waals surface area (Å²) >= 11 is 0.873. The van der Waals surface area contributed by atoms with Gasteiger partial charge in [-0.1, -0.05) is 6.92 Å². The maximum absolute atomic E-state index is 13.8. The average molecular weight is 261 g/mol. The van der Waals surface area contributed by atoms with Crippen LogP contribution in [-0.2, 0) is 4.74 Å². The maximum Gasteiger partial charge on any atom is 0.343 e. The average Bonchev–Trinajstić information content (AvgIpc) is 2.26. The van der Waals surface area contributed by atoms with E-state index in [-0.39, 0.29) is 17.2 Å². The van der Waals surface area contributed by atoms with Crippen molar-refractivity contribution >= 4 is 23.4 Å². The van der Waals surface area contributed by atoms with Gasteiger partial charge in [-0.2, -0.15) is 0 Å². The van der Waals surface area contributed by atoms with Crippen molar-refractivity contribution in [2.75, 3.05) is 18.6 Å². The van der Waals surface area contributed by atoms with Gasteiger partial charge in [-0.05, 0) is 18.7 Å². The van der Waals surface area contributed by atoms with E-state index in [1.807, 2.05) is 6.92 Å². The Morgan fingerprint density at radius 1 is 1.53 bits per heavy atom. The lowest BCUT2D eigenvalue weighted by Crippen LogP contribution is -2.13. The number of anilines is 1. The summed E-state index contributed by atoms with van der Waals surface area (Å²) in [4.78, 5) is 11.3. The van der Waals surface area contributed by atoms with Crippen LogP contribution in [-0.4, -0.2) is 18.8 Å². The molecule has 2 N–H and O–H groups in total. The molecule has 0 spiro atoms. The molecule has 0 saturated carbocycles. The molecule has 0 radical (unpaired) electrons. The smallest absolute Gasteiger partial charge is 0.343 e. The van der Waals surface area contributed by atoms with Crippen molar-refractivity contribution in [3.63, 3.8) is 0 Å². The van der Waals surface area contributed by atoms with E-state index < -0.39 is 23.2 Å². The van der Waals surface area contributed by atoms with Crippen LogP contribution < -0.4 is 5.73 Å². The number of rotatable bonds is 4. The van der Waals surface area contributed by atoms with Gasteiger partial charge in [-0.25, -0.2) is 13.6 Å². The Labute approximate surface area is 102 Å². The predicted octanol–water partition coefficient (Wildman–Crippen LogP) is 2.84. The Balaban J connectivity index is 3.19. The second-order valence-electron chi connectivity index (χ2n) is 3.31. The Kier molecular flexibility index (Phi) is 4.74. The van der Waals surface area contributed by atoms with Gasteiger partial charge in [0.2, 0.25) is 0 Å². The van der Waals surface area contributed by atoms with Crippen LogP contribution in [0.5, 0.6) is 0 Å². The summed E-state index contributed by atoms with van der Waals surface area (Å²) in [6, 6.07) is 0.928. The fraction of sp³-hybridized carbons (Fsp3) is 0.364. The summed E-state index contributed by atoms with van der Waals surface area (Å²) < 4.78 is 31.9. The Morgan fingerprint density at radius 2 is 2.18 bits per heavy atom. The molecule has 1 aromatic rings. The molecule has 0 aliphatic rings. The van der Waals surface area contributed by atoms with Crippen LogP contribution in [0.15, 0.2) is 11.0 Å². The molecule has 0 bridgehead atoms. The first kappa shape index (κ1) is 13.8. The van der Waals surface area contributed by atoms with Crippen LogP contribution in [0, 0.1) is 11.6 Å². The van der Waals surface area contributed by atoms with E-state index in [9.17, 15) is 13.6 Å². The SMILES string of the molecule is CCCOC(=O)c1c(N)cc(F)c(SC)c1F. The molecule has 6 heteroatoms. The quantitative estimate of drug-likeness (QED) is 0.514. The Bertz CT molecular complexity index is 438. The van der Waals surface area contributed by atoms with Gasteiger partial charge >= 0.3 is 5.97 Å². The highest BCUT2D eigenvalue weighted by Gasteiger charge is 2.23. The first-order valence-corrected chi connectivity index (χ1v) is 6.24. The van der Waals surface area contributed by atoms with Gasteiger partial charge in [0.15, 0.2) is 5.82 Å². The van der Waals surface area contributed by atoms with Gasteiger partial charge in [0, 0.05) is 0 Å². The van der Waals surface area contributed by atoms with E-state index in [0.29, 0.717) is 6.42 Å². The number of benzene rings is 1. The molecule has 94 valence electrons. The third-order valence-corrected chi connectivity index (χ3v) is 2.83. The molecule has 0 fully saturated rings. The number of ether oxygens (including phenoxy) is 1. The van der Waals surface area contributed by atoms with Crippen molar-refractivity contribution in [2.24, 2.45) is 0 Å². The zero-order valence-corrected chi connectivity index (χ0v) is 10.4. The minimum Gasteiger partial charge on any atom is -0.462 e. The van der Waals surface area contributed by atoms with Crippen LogP contribution in [0.2, 0.25) is 0 Å². The minimum absolute atomic E-state index is 0.170. The second-order valence-corrected chi connectivity index (χ2v) is 4.12. The number of nitrogens with two attached hydrogens (primary N) is 1. The lowest BCUT2D eigenvalue weighted by Gasteiger charge is -2.10. The Hall–Kier alpha value is -1.30. The molecule has 0 atom stereocenters. The standard InChI is InChI=1S/C11H13F2NO2S/c1-3-4-16-11(15)8-7(14)5-6(12)10(17-2)9(8)13/h5H,3-4,14H2,1-2H3. The van der Waals surface area contributed by atoms with E-state index in [1.54, 1.807) is 0 Å². The number of thioether (sulfide) groups is 1. The molecule has 0 unspecified atom stereocenters. The topological polar surface area (TPSA) is 52.3 Å².